The molecule has 4 heterocycles. The van der Waals surface area contributed by atoms with Gasteiger partial charge in [-0.25, -0.2) is 0 Å². The van der Waals surface area contributed by atoms with Crippen molar-refractivity contribution in [3.8, 4) is 5.75 Å². The highest BCUT2D eigenvalue weighted by Crippen LogP contribution is 2.44. The van der Waals surface area contributed by atoms with Gasteiger partial charge in [0.25, 0.3) is 0 Å². The minimum absolute atomic E-state index is 0.260. The third kappa shape index (κ3) is 4.85. The Kier molecular flexibility index (Phi) is 6.44. The Morgan fingerprint density at radius 1 is 0.972 bits per heavy atom. The van der Waals surface area contributed by atoms with Gasteiger partial charge in [0.1, 0.15) is 30.2 Å². The molecule has 0 spiro atoms. The largest absolute Gasteiger partial charge is 0.481 e. The van der Waals surface area contributed by atoms with Gasteiger partial charge in [0.15, 0.2) is 24.0 Å². The number of aromatic nitrogens is 1. The third-order valence-electron chi connectivity index (χ3n) is 6.66. The van der Waals surface area contributed by atoms with Crippen LogP contribution in [0.25, 0.3) is 10.9 Å². The summed E-state index contributed by atoms with van der Waals surface area (Å²) >= 11 is 6.12. The zero-order chi connectivity index (χ0) is 25.1. The monoisotopic (exact) mass is 513 g/mol. The Hall–Kier alpha value is -1.52. The number of benzene rings is 1. The molecule has 1 N–H and O–H groups in total. The van der Waals surface area contributed by atoms with Crippen LogP contribution in [-0.2, 0) is 23.7 Å². The SMILES string of the molecule is CC1(C)O[C@H]2[C@@H](O1)[C@@H](CNC[C]1[CH][CH][CH][C]1Oc1ccnc3cc(Cl)ccc13)O[C@@H]1OC(C)(C)O[C@@H]12. The highest BCUT2D eigenvalue weighted by Gasteiger charge is 2.60. The first-order valence-corrected chi connectivity index (χ1v) is 12.6. The molecule has 4 fully saturated rings. The molecule has 9 heteroatoms. The summed E-state index contributed by atoms with van der Waals surface area (Å²) in [5, 5.41) is 5.05. The van der Waals surface area contributed by atoms with E-state index in [4.69, 9.17) is 40.0 Å². The van der Waals surface area contributed by atoms with Crippen LogP contribution in [0.4, 0.5) is 0 Å². The highest BCUT2D eigenvalue weighted by molar-refractivity contribution is 6.31. The van der Waals surface area contributed by atoms with E-state index in [1.165, 1.54) is 0 Å². The van der Waals surface area contributed by atoms with Gasteiger partial charge >= 0.3 is 0 Å². The van der Waals surface area contributed by atoms with Crippen LogP contribution in [0.3, 0.4) is 0 Å². The lowest BCUT2D eigenvalue weighted by molar-refractivity contribution is -0.232. The molecule has 1 aliphatic carbocycles. The molecule has 1 aromatic heterocycles. The average Bonchev–Trinajstić information content (AvgIpc) is 3.47. The number of ether oxygens (including phenoxy) is 6. The molecule has 2 aromatic rings. The number of nitrogens with zero attached hydrogens (tertiary/aromatic N) is 1. The summed E-state index contributed by atoms with van der Waals surface area (Å²) in [5.41, 5.74) is 0.788. The molecule has 6 rings (SSSR count). The smallest absolute Gasteiger partial charge is 0.190 e. The lowest BCUT2D eigenvalue weighted by Gasteiger charge is -2.37. The molecule has 0 bridgehead atoms. The van der Waals surface area contributed by atoms with Gasteiger partial charge in [0.2, 0.25) is 0 Å². The van der Waals surface area contributed by atoms with E-state index < -0.39 is 17.9 Å². The Bertz CT molecular complexity index is 1110. The van der Waals surface area contributed by atoms with Crippen molar-refractivity contribution in [3.05, 3.63) is 66.8 Å². The topological polar surface area (TPSA) is 80.3 Å². The van der Waals surface area contributed by atoms with Crippen LogP contribution in [0, 0.1) is 31.3 Å². The van der Waals surface area contributed by atoms with E-state index in [1.54, 1.807) is 6.20 Å². The maximum absolute atomic E-state index is 6.29. The van der Waals surface area contributed by atoms with E-state index in [0.717, 1.165) is 28.7 Å². The van der Waals surface area contributed by atoms with E-state index in [0.29, 0.717) is 18.1 Å². The second-order valence-electron chi connectivity index (χ2n) is 10.3. The molecule has 1 aromatic carbocycles. The summed E-state index contributed by atoms with van der Waals surface area (Å²) in [6.07, 6.45) is 6.85. The molecule has 36 heavy (non-hydrogen) atoms. The van der Waals surface area contributed by atoms with E-state index in [-0.39, 0.29) is 24.4 Å². The molecule has 4 aliphatic rings. The Balaban J connectivity index is 1.09. The summed E-state index contributed by atoms with van der Waals surface area (Å²) in [6, 6.07) is 7.45. The van der Waals surface area contributed by atoms with Crippen LogP contribution in [0.1, 0.15) is 27.7 Å². The summed E-state index contributed by atoms with van der Waals surface area (Å²) in [6.45, 7) is 8.74. The number of nitrogens with one attached hydrogen (secondary N) is 1. The fourth-order valence-electron chi connectivity index (χ4n) is 5.20. The molecule has 3 aliphatic heterocycles. The van der Waals surface area contributed by atoms with Crippen molar-refractivity contribution < 1.29 is 28.4 Å². The maximum Gasteiger partial charge on any atom is 0.190 e. The highest BCUT2D eigenvalue weighted by atomic mass is 35.5. The first kappa shape index (κ1) is 24.8. The minimum Gasteiger partial charge on any atom is -0.481 e. The number of hydrogen-bond acceptors (Lipinski definition) is 8. The van der Waals surface area contributed by atoms with E-state index in [1.807, 2.05) is 71.2 Å². The van der Waals surface area contributed by atoms with Gasteiger partial charge in [-0.3, -0.25) is 4.98 Å². The minimum atomic E-state index is -0.734. The van der Waals surface area contributed by atoms with Gasteiger partial charge in [-0.15, -0.1) is 0 Å². The number of pyridine rings is 1. The quantitative estimate of drug-likeness (QED) is 0.621. The van der Waals surface area contributed by atoms with Crippen LogP contribution < -0.4 is 10.1 Å². The molecule has 8 nitrogen and oxygen atoms in total. The van der Waals surface area contributed by atoms with Crippen LogP contribution in [-0.4, -0.2) is 60.4 Å². The Morgan fingerprint density at radius 3 is 2.61 bits per heavy atom. The molecule has 3 saturated heterocycles. The van der Waals surface area contributed by atoms with Crippen molar-refractivity contribution >= 4 is 22.5 Å². The Labute approximate surface area is 216 Å². The second kappa shape index (κ2) is 9.34. The predicted molar refractivity (Wildman–Crippen MR) is 132 cm³/mol. The molecule has 5 radical (unpaired) electrons. The molecular weight excluding hydrogens is 484 g/mol. The average molecular weight is 514 g/mol. The van der Waals surface area contributed by atoms with Crippen molar-refractivity contribution in [1.82, 2.24) is 10.3 Å². The van der Waals surface area contributed by atoms with Crippen molar-refractivity contribution in [3.63, 3.8) is 0 Å². The maximum atomic E-state index is 6.29. The molecule has 0 unspecified atom stereocenters. The summed E-state index contributed by atoms with van der Waals surface area (Å²) in [7, 11) is 0. The number of hydrogen-bond donors (Lipinski definition) is 1. The van der Waals surface area contributed by atoms with Crippen LogP contribution >= 0.6 is 11.6 Å². The lowest BCUT2D eigenvalue weighted by Crippen LogP contribution is -2.57. The normalized spacial score (nSPS) is 33.6. The first-order valence-electron chi connectivity index (χ1n) is 12.2. The Morgan fingerprint density at radius 2 is 1.75 bits per heavy atom. The zero-order valence-electron chi connectivity index (χ0n) is 20.7. The zero-order valence-corrected chi connectivity index (χ0v) is 21.5. The summed E-state index contributed by atoms with van der Waals surface area (Å²) in [4.78, 5) is 4.39. The van der Waals surface area contributed by atoms with Crippen molar-refractivity contribution in [2.24, 2.45) is 0 Å². The predicted octanol–water partition coefficient (Wildman–Crippen LogP) is 3.99. The number of rotatable bonds is 6. The van der Waals surface area contributed by atoms with Gasteiger partial charge in [0, 0.05) is 42.0 Å². The first-order chi connectivity index (χ1) is 17.2. The van der Waals surface area contributed by atoms with Gasteiger partial charge < -0.3 is 33.7 Å². The van der Waals surface area contributed by atoms with Crippen LogP contribution in [0.2, 0.25) is 5.02 Å². The van der Waals surface area contributed by atoms with Gasteiger partial charge in [-0.1, -0.05) is 11.6 Å². The second-order valence-corrected chi connectivity index (χ2v) is 10.8. The van der Waals surface area contributed by atoms with E-state index in [9.17, 15) is 0 Å². The molecule has 191 valence electrons. The molecule has 5 atom stereocenters. The fourth-order valence-corrected chi connectivity index (χ4v) is 5.36. The standard InChI is InChI=1S/C27H30ClN2O6/c1-26(2)33-22-21(32-25-24(23(22)34-26)35-27(3,4)36-25)14-29-13-15-6-5-7-19(15)31-20-10-11-30-18-12-16(28)8-9-17(18)20/h5-12,21-25,29H,13-14H2,1-4H3/t21-,22+,23+,24-,25-/m1/s1. The van der Waals surface area contributed by atoms with Crippen LogP contribution in [0.15, 0.2) is 30.5 Å². The summed E-state index contributed by atoms with van der Waals surface area (Å²) < 4.78 is 37.1. The molecule has 0 amide bonds. The molecule has 1 saturated carbocycles. The number of fused-ring (bicyclic) bond motifs is 4. The fraction of sp³-hybridized carbons (Fsp3) is 0.481. The van der Waals surface area contributed by atoms with Crippen molar-refractivity contribution in [1.29, 1.82) is 0 Å². The van der Waals surface area contributed by atoms with Crippen LogP contribution in [0.5, 0.6) is 5.75 Å². The van der Waals surface area contributed by atoms with Gasteiger partial charge in [-0.2, -0.15) is 0 Å². The third-order valence-corrected chi connectivity index (χ3v) is 6.89. The summed E-state index contributed by atoms with van der Waals surface area (Å²) in [5.74, 6) is 0.312. The van der Waals surface area contributed by atoms with Gasteiger partial charge in [0.05, 0.1) is 5.52 Å². The molecular formula is C27H30ClN2O6. The van der Waals surface area contributed by atoms with E-state index in [2.05, 4.69) is 10.3 Å². The van der Waals surface area contributed by atoms with Crippen molar-refractivity contribution in [2.45, 2.75) is 70.0 Å². The van der Waals surface area contributed by atoms with Crippen molar-refractivity contribution in [2.75, 3.05) is 13.1 Å². The van der Waals surface area contributed by atoms with Gasteiger partial charge in [-0.05, 0) is 64.8 Å². The lowest BCUT2D eigenvalue weighted by atomic mass is 9.98. The number of halogens is 1. The van der Waals surface area contributed by atoms with E-state index >= 15 is 0 Å².